The topological polar surface area (TPSA) is 67.2 Å². The summed E-state index contributed by atoms with van der Waals surface area (Å²) in [5, 5.41) is 3.52. The molecule has 0 aliphatic carbocycles. The van der Waals surface area contributed by atoms with Crippen LogP contribution >= 0.6 is 11.6 Å². The van der Waals surface area contributed by atoms with Gasteiger partial charge < -0.3 is 14.8 Å². The van der Waals surface area contributed by atoms with Gasteiger partial charge in [-0.25, -0.2) is 4.98 Å². The van der Waals surface area contributed by atoms with Crippen LogP contribution in [0.4, 0.5) is 0 Å². The van der Waals surface area contributed by atoms with Gasteiger partial charge in [-0.15, -0.1) is 0 Å². The summed E-state index contributed by atoms with van der Waals surface area (Å²) in [5.41, 5.74) is 3.38. The van der Waals surface area contributed by atoms with Crippen LogP contribution in [0.25, 0.3) is 11.0 Å². The fourth-order valence-electron chi connectivity index (χ4n) is 4.05. The van der Waals surface area contributed by atoms with Crippen LogP contribution in [-0.2, 0) is 24.3 Å². The molecule has 0 atom stereocenters. The lowest BCUT2D eigenvalue weighted by molar-refractivity contribution is -0.134. The van der Waals surface area contributed by atoms with Crippen LogP contribution < -0.4 is 5.32 Å². The quantitative estimate of drug-likeness (QED) is 0.356. The van der Waals surface area contributed by atoms with Crippen molar-refractivity contribution in [2.45, 2.75) is 39.4 Å². The van der Waals surface area contributed by atoms with E-state index < -0.39 is 0 Å². The summed E-state index contributed by atoms with van der Waals surface area (Å²) in [4.78, 5) is 32.6. The summed E-state index contributed by atoms with van der Waals surface area (Å²) in [7, 11) is 0. The van der Waals surface area contributed by atoms with Gasteiger partial charge in [0.2, 0.25) is 5.91 Å². The molecule has 7 heteroatoms. The molecular formula is C28H29ClN4O2. The van der Waals surface area contributed by atoms with Crippen LogP contribution in [-0.4, -0.2) is 38.9 Å². The van der Waals surface area contributed by atoms with Crippen molar-refractivity contribution in [1.82, 2.24) is 19.8 Å². The molecule has 0 unspecified atom stereocenters. The molecular weight excluding hydrogens is 460 g/mol. The highest BCUT2D eigenvalue weighted by Crippen LogP contribution is 2.18. The molecule has 1 N–H and O–H groups in total. The lowest BCUT2D eigenvalue weighted by Gasteiger charge is -2.27. The predicted molar refractivity (Wildman–Crippen MR) is 139 cm³/mol. The minimum Gasteiger partial charge on any atom is -0.352 e. The normalized spacial score (nSPS) is 11.1. The van der Waals surface area contributed by atoms with Crippen molar-refractivity contribution in [1.29, 1.82) is 0 Å². The Morgan fingerprint density at radius 1 is 0.971 bits per heavy atom. The van der Waals surface area contributed by atoms with Gasteiger partial charge in [-0.2, -0.15) is 0 Å². The predicted octanol–water partition coefficient (Wildman–Crippen LogP) is 5.10. The zero-order valence-electron chi connectivity index (χ0n) is 19.9. The zero-order valence-corrected chi connectivity index (χ0v) is 20.7. The van der Waals surface area contributed by atoms with Gasteiger partial charge in [0, 0.05) is 36.1 Å². The van der Waals surface area contributed by atoms with Crippen molar-refractivity contribution in [2.24, 2.45) is 0 Å². The first kappa shape index (κ1) is 24.5. The molecule has 3 aromatic carbocycles. The summed E-state index contributed by atoms with van der Waals surface area (Å²) < 4.78 is 1.96. The van der Waals surface area contributed by atoms with Gasteiger partial charge in [0.15, 0.2) is 0 Å². The summed E-state index contributed by atoms with van der Waals surface area (Å²) >= 11 is 5.91. The molecule has 0 bridgehead atoms. The molecule has 0 saturated carbocycles. The molecule has 4 rings (SSSR count). The van der Waals surface area contributed by atoms with Gasteiger partial charge in [-0.05, 0) is 55.8 Å². The molecule has 180 valence electrons. The number of rotatable bonds is 9. The van der Waals surface area contributed by atoms with Crippen LogP contribution in [0.3, 0.4) is 0 Å². The number of amides is 2. The molecule has 4 aromatic rings. The average molecular weight is 489 g/mol. The van der Waals surface area contributed by atoms with E-state index in [2.05, 4.69) is 5.32 Å². The molecule has 1 heterocycles. The third-order valence-electron chi connectivity index (χ3n) is 5.91. The van der Waals surface area contributed by atoms with Crippen molar-refractivity contribution in [3.8, 4) is 0 Å². The third kappa shape index (κ3) is 6.08. The summed E-state index contributed by atoms with van der Waals surface area (Å²) in [6.45, 7) is 5.19. The molecule has 0 saturated heterocycles. The van der Waals surface area contributed by atoms with Crippen LogP contribution in [0.1, 0.15) is 35.6 Å². The second-order valence-electron chi connectivity index (χ2n) is 8.72. The van der Waals surface area contributed by atoms with Gasteiger partial charge in [-0.3, -0.25) is 9.59 Å². The van der Waals surface area contributed by atoms with E-state index in [4.69, 9.17) is 16.6 Å². The Kier molecular flexibility index (Phi) is 7.83. The van der Waals surface area contributed by atoms with E-state index in [1.807, 2.05) is 77.9 Å². The molecule has 0 fully saturated rings. The second-order valence-corrected chi connectivity index (χ2v) is 9.15. The number of halogens is 1. The molecule has 35 heavy (non-hydrogen) atoms. The van der Waals surface area contributed by atoms with E-state index in [1.54, 1.807) is 24.3 Å². The smallest absolute Gasteiger partial charge is 0.251 e. The van der Waals surface area contributed by atoms with Crippen molar-refractivity contribution in [3.63, 3.8) is 0 Å². The highest BCUT2D eigenvalue weighted by Gasteiger charge is 2.21. The second kappa shape index (κ2) is 11.2. The number of aromatic nitrogens is 2. The van der Waals surface area contributed by atoms with Gasteiger partial charge in [0.05, 0.1) is 11.0 Å². The van der Waals surface area contributed by atoms with E-state index >= 15 is 0 Å². The standard InChI is InChI=1S/C28H29ClN4O2/c1-20(2)32(18-21-8-4-3-5-9-21)27(34)19-33-25-11-7-6-10-24(25)31-26(33)16-17-30-28(35)22-12-14-23(29)15-13-22/h3-15,20H,16-19H2,1-2H3,(H,30,35). The number of carbonyl (C=O) groups excluding carboxylic acids is 2. The minimum absolute atomic E-state index is 0.0263. The SMILES string of the molecule is CC(C)N(Cc1ccccc1)C(=O)Cn1c(CCNC(=O)c2ccc(Cl)cc2)nc2ccccc21. The van der Waals surface area contributed by atoms with Crippen LogP contribution in [0, 0.1) is 0 Å². The van der Waals surface area contributed by atoms with E-state index in [9.17, 15) is 9.59 Å². The maximum absolute atomic E-state index is 13.4. The number of benzene rings is 3. The maximum atomic E-state index is 13.4. The molecule has 6 nitrogen and oxygen atoms in total. The Bertz CT molecular complexity index is 1300. The van der Waals surface area contributed by atoms with Crippen LogP contribution in [0.15, 0.2) is 78.9 Å². The number of hydrogen-bond acceptors (Lipinski definition) is 3. The van der Waals surface area contributed by atoms with Gasteiger partial charge in [-0.1, -0.05) is 54.1 Å². The number of para-hydroxylation sites is 2. The summed E-state index contributed by atoms with van der Waals surface area (Å²) in [5.74, 6) is 0.618. The largest absolute Gasteiger partial charge is 0.352 e. The number of carbonyl (C=O) groups is 2. The molecule has 0 aliphatic heterocycles. The summed E-state index contributed by atoms with van der Waals surface area (Å²) in [6, 6.07) is 24.6. The number of hydrogen-bond donors (Lipinski definition) is 1. The van der Waals surface area contributed by atoms with Crippen molar-refractivity contribution in [2.75, 3.05) is 6.54 Å². The van der Waals surface area contributed by atoms with Gasteiger partial charge in [0.25, 0.3) is 5.91 Å². The lowest BCUT2D eigenvalue weighted by atomic mass is 10.2. The fourth-order valence-corrected chi connectivity index (χ4v) is 4.17. The first-order valence-corrected chi connectivity index (χ1v) is 12.1. The zero-order chi connectivity index (χ0) is 24.8. The monoisotopic (exact) mass is 488 g/mol. The van der Waals surface area contributed by atoms with E-state index in [1.165, 1.54) is 0 Å². The minimum atomic E-state index is -0.172. The van der Waals surface area contributed by atoms with Crippen molar-refractivity contribution in [3.05, 3.63) is 101 Å². The Balaban J connectivity index is 1.50. The number of nitrogens with one attached hydrogen (secondary N) is 1. The van der Waals surface area contributed by atoms with Gasteiger partial charge >= 0.3 is 0 Å². The van der Waals surface area contributed by atoms with E-state index in [-0.39, 0.29) is 24.4 Å². The molecule has 0 radical (unpaired) electrons. The maximum Gasteiger partial charge on any atom is 0.251 e. The highest BCUT2D eigenvalue weighted by atomic mass is 35.5. The first-order chi connectivity index (χ1) is 16.9. The molecule has 2 amide bonds. The molecule has 1 aromatic heterocycles. The Hall–Kier alpha value is -3.64. The number of imidazole rings is 1. The lowest BCUT2D eigenvalue weighted by Crippen LogP contribution is -2.39. The van der Waals surface area contributed by atoms with Crippen LogP contribution in [0.2, 0.25) is 5.02 Å². The molecule has 0 spiro atoms. The first-order valence-electron chi connectivity index (χ1n) is 11.7. The van der Waals surface area contributed by atoms with Crippen molar-refractivity contribution >= 4 is 34.4 Å². The number of fused-ring (bicyclic) bond motifs is 1. The van der Waals surface area contributed by atoms with Crippen LogP contribution in [0.5, 0.6) is 0 Å². The van der Waals surface area contributed by atoms with E-state index in [0.717, 1.165) is 22.4 Å². The highest BCUT2D eigenvalue weighted by molar-refractivity contribution is 6.30. The average Bonchev–Trinajstić information content (AvgIpc) is 3.20. The van der Waals surface area contributed by atoms with E-state index in [0.29, 0.717) is 30.1 Å². The van der Waals surface area contributed by atoms with Crippen molar-refractivity contribution < 1.29 is 9.59 Å². The third-order valence-corrected chi connectivity index (χ3v) is 6.16. The fraction of sp³-hybridized carbons (Fsp3) is 0.250. The Morgan fingerprint density at radius 2 is 1.66 bits per heavy atom. The Labute approximate surface area is 210 Å². The summed E-state index contributed by atoms with van der Waals surface area (Å²) in [6.07, 6.45) is 0.502. The van der Waals surface area contributed by atoms with Gasteiger partial charge in [0.1, 0.15) is 12.4 Å². The molecule has 0 aliphatic rings. The Morgan fingerprint density at radius 3 is 2.37 bits per heavy atom. The number of nitrogens with zero attached hydrogens (tertiary/aromatic N) is 3.